The van der Waals surface area contributed by atoms with Gasteiger partial charge in [-0.05, 0) is 35.9 Å². The zero-order chi connectivity index (χ0) is 22.0. The molecule has 0 aliphatic heterocycles. The third kappa shape index (κ3) is 5.04. The highest BCUT2D eigenvalue weighted by molar-refractivity contribution is 7.89. The molecule has 11 heteroatoms. The lowest BCUT2D eigenvalue weighted by molar-refractivity contribution is -0.138. The van der Waals surface area contributed by atoms with Crippen LogP contribution in [0.15, 0.2) is 41.3 Å². The summed E-state index contributed by atoms with van der Waals surface area (Å²) >= 11 is 0. The summed E-state index contributed by atoms with van der Waals surface area (Å²) in [6.07, 6.45) is -4.80. The smallest absolute Gasteiger partial charge is 0.416 e. The largest absolute Gasteiger partial charge is 0.495 e. The van der Waals surface area contributed by atoms with Crippen LogP contribution in [0.5, 0.6) is 5.75 Å². The van der Waals surface area contributed by atoms with Gasteiger partial charge < -0.3 is 10.1 Å². The lowest BCUT2D eigenvalue weighted by Gasteiger charge is -2.16. The zero-order valence-corrected chi connectivity index (χ0v) is 16.5. The molecule has 0 aliphatic rings. The number of ether oxygens (including phenoxy) is 1. The summed E-state index contributed by atoms with van der Waals surface area (Å²) in [5.74, 6) is -1.85. The highest BCUT2D eigenvalue weighted by Crippen LogP contribution is 2.32. The van der Waals surface area contributed by atoms with Crippen LogP contribution in [0.25, 0.3) is 0 Å². The lowest BCUT2D eigenvalue weighted by Crippen LogP contribution is -2.26. The minimum absolute atomic E-state index is 0.00754. The van der Waals surface area contributed by atoms with E-state index in [1.54, 1.807) is 0 Å². The number of benzene rings is 2. The first-order valence-corrected chi connectivity index (χ1v) is 9.56. The molecular weight excluding hydrogens is 416 g/mol. The van der Waals surface area contributed by atoms with Crippen LogP contribution >= 0.6 is 0 Å². The normalized spacial score (nSPS) is 12.1. The molecule has 0 aliphatic carbocycles. The summed E-state index contributed by atoms with van der Waals surface area (Å²) < 4.78 is 83.1. The van der Waals surface area contributed by atoms with Crippen molar-refractivity contribution in [2.45, 2.75) is 17.6 Å². The molecule has 0 heterocycles. The van der Waals surface area contributed by atoms with Crippen molar-refractivity contribution in [2.24, 2.45) is 0 Å². The standard InChI is InChI=1S/C18H18F4N2O4S/c1-24(2)29(26,27)16-8-11(5-7-15(16)28-3)17(25)23-10-12-4-6-13(19)9-14(12)18(20,21)22/h4-9H,10H2,1-3H3,(H,23,25). The molecule has 1 N–H and O–H groups in total. The number of hydrogen-bond acceptors (Lipinski definition) is 4. The average Bonchev–Trinajstić information content (AvgIpc) is 2.65. The second-order valence-corrected chi connectivity index (χ2v) is 8.26. The van der Waals surface area contributed by atoms with Crippen molar-refractivity contribution in [1.82, 2.24) is 9.62 Å². The number of sulfonamides is 1. The highest BCUT2D eigenvalue weighted by Gasteiger charge is 2.33. The summed E-state index contributed by atoms with van der Waals surface area (Å²) in [5.41, 5.74) is -1.63. The van der Waals surface area contributed by atoms with Crippen molar-refractivity contribution in [1.29, 1.82) is 0 Å². The minimum atomic E-state index is -4.80. The predicted molar refractivity (Wildman–Crippen MR) is 96.4 cm³/mol. The van der Waals surface area contributed by atoms with Gasteiger partial charge in [0.1, 0.15) is 16.5 Å². The maximum absolute atomic E-state index is 13.2. The van der Waals surface area contributed by atoms with Gasteiger partial charge in [0.15, 0.2) is 0 Å². The summed E-state index contributed by atoms with van der Waals surface area (Å²) in [5, 5.41) is 2.28. The second-order valence-electron chi connectivity index (χ2n) is 6.13. The van der Waals surface area contributed by atoms with E-state index in [2.05, 4.69) is 5.32 Å². The molecule has 0 aromatic heterocycles. The third-order valence-corrected chi connectivity index (χ3v) is 5.84. The molecule has 6 nitrogen and oxygen atoms in total. The number of hydrogen-bond donors (Lipinski definition) is 1. The Morgan fingerprint density at radius 2 is 1.79 bits per heavy atom. The van der Waals surface area contributed by atoms with E-state index in [9.17, 15) is 30.8 Å². The molecule has 0 radical (unpaired) electrons. The van der Waals surface area contributed by atoms with Crippen molar-refractivity contribution >= 4 is 15.9 Å². The number of halogens is 4. The van der Waals surface area contributed by atoms with E-state index in [-0.39, 0.29) is 21.8 Å². The van der Waals surface area contributed by atoms with E-state index in [0.29, 0.717) is 6.07 Å². The Morgan fingerprint density at radius 3 is 2.34 bits per heavy atom. The minimum Gasteiger partial charge on any atom is -0.495 e. The molecule has 158 valence electrons. The number of amides is 1. The van der Waals surface area contributed by atoms with E-state index in [4.69, 9.17) is 4.74 Å². The van der Waals surface area contributed by atoms with Gasteiger partial charge in [-0.25, -0.2) is 17.1 Å². The quantitative estimate of drug-likeness (QED) is 0.710. The van der Waals surface area contributed by atoms with E-state index < -0.39 is 40.0 Å². The number of carbonyl (C=O) groups excluding carboxylic acids is 1. The van der Waals surface area contributed by atoms with Crippen molar-refractivity contribution < 1.29 is 35.5 Å². The molecule has 0 fully saturated rings. The molecule has 29 heavy (non-hydrogen) atoms. The molecule has 1 amide bonds. The molecule has 0 unspecified atom stereocenters. The van der Waals surface area contributed by atoms with E-state index >= 15 is 0 Å². The van der Waals surface area contributed by atoms with Crippen molar-refractivity contribution in [3.05, 3.63) is 58.9 Å². The van der Waals surface area contributed by atoms with Crippen LogP contribution in [0, 0.1) is 5.82 Å². The highest BCUT2D eigenvalue weighted by atomic mass is 32.2. The predicted octanol–water partition coefficient (Wildman–Crippen LogP) is 3.03. The number of nitrogens with zero attached hydrogens (tertiary/aromatic N) is 1. The third-order valence-electron chi connectivity index (χ3n) is 4.00. The van der Waals surface area contributed by atoms with Gasteiger partial charge in [0, 0.05) is 26.2 Å². The van der Waals surface area contributed by atoms with Gasteiger partial charge in [0.2, 0.25) is 10.0 Å². The van der Waals surface area contributed by atoms with Crippen LogP contribution in [0.4, 0.5) is 17.6 Å². The Balaban J connectivity index is 2.32. The summed E-state index contributed by atoms with van der Waals surface area (Å²) in [6, 6.07) is 5.73. The van der Waals surface area contributed by atoms with Gasteiger partial charge in [-0.2, -0.15) is 13.2 Å². The van der Waals surface area contributed by atoms with Gasteiger partial charge in [-0.1, -0.05) is 6.07 Å². The van der Waals surface area contributed by atoms with E-state index in [1.165, 1.54) is 33.3 Å². The fraction of sp³-hybridized carbons (Fsp3) is 0.278. The number of methoxy groups -OCH3 is 1. The average molecular weight is 434 g/mol. The molecule has 2 rings (SSSR count). The monoisotopic (exact) mass is 434 g/mol. The summed E-state index contributed by atoms with van der Waals surface area (Å²) in [6.45, 7) is -0.532. The van der Waals surface area contributed by atoms with Crippen LogP contribution < -0.4 is 10.1 Å². The van der Waals surface area contributed by atoms with Crippen LogP contribution in [-0.2, 0) is 22.7 Å². The second kappa shape index (κ2) is 8.37. The molecule has 2 aromatic carbocycles. The van der Waals surface area contributed by atoms with Gasteiger partial charge in [0.05, 0.1) is 12.7 Å². The summed E-state index contributed by atoms with van der Waals surface area (Å²) in [7, 11) is -0.0742. The van der Waals surface area contributed by atoms with E-state index in [0.717, 1.165) is 22.5 Å². The van der Waals surface area contributed by atoms with Gasteiger partial charge in [-0.3, -0.25) is 4.79 Å². The van der Waals surface area contributed by atoms with Crippen LogP contribution in [0.3, 0.4) is 0 Å². The Bertz CT molecular complexity index is 1020. The first-order chi connectivity index (χ1) is 13.4. The van der Waals surface area contributed by atoms with Gasteiger partial charge >= 0.3 is 6.18 Å². The molecule has 0 saturated heterocycles. The summed E-state index contributed by atoms with van der Waals surface area (Å²) in [4.78, 5) is 12.1. The SMILES string of the molecule is COc1ccc(C(=O)NCc2ccc(F)cc2C(F)(F)F)cc1S(=O)(=O)N(C)C. The fourth-order valence-corrected chi connectivity index (χ4v) is 3.54. The molecule has 0 bridgehead atoms. The van der Waals surface area contributed by atoms with Crippen molar-refractivity contribution in [2.75, 3.05) is 21.2 Å². The van der Waals surface area contributed by atoms with Crippen LogP contribution in [-0.4, -0.2) is 39.8 Å². The Hall–Kier alpha value is -2.66. The van der Waals surface area contributed by atoms with Gasteiger partial charge in [0.25, 0.3) is 5.91 Å². The van der Waals surface area contributed by atoms with E-state index in [1.807, 2.05) is 0 Å². The van der Waals surface area contributed by atoms with Crippen LogP contribution in [0.2, 0.25) is 0 Å². The number of nitrogens with one attached hydrogen (secondary N) is 1. The van der Waals surface area contributed by atoms with Gasteiger partial charge in [-0.15, -0.1) is 0 Å². The maximum atomic E-state index is 13.2. The zero-order valence-electron chi connectivity index (χ0n) is 15.7. The Labute approximate surface area is 165 Å². The Morgan fingerprint density at radius 1 is 1.14 bits per heavy atom. The molecule has 0 atom stereocenters. The van der Waals surface area contributed by atoms with Crippen molar-refractivity contribution in [3.8, 4) is 5.75 Å². The molecular formula is C18H18F4N2O4S. The topological polar surface area (TPSA) is 75.7 Å². The number of rotatable bonds is 6. The molecule has 0 saturated carbocycles. The first kappa shape index (κ1) is 22.6. The fourth-order valence-electron chi connectivity index (χ4n) is 2.46. The number of alkyl halides is 3. The van der Waals surface area contributed by atoms with Crippen LogP contribution in [0.1, 0.15) is 21.5 Å². The first-order valence-electron chi connectivity index (χ1n) is 8.12. The molecule has 2 aromatic rings. The number of carbonyl (C=O) groups is 1. The molecule has 0 spiro atoms. The lowest BCUT2D eigenvalue weighted by atomic mass is 10.1. The van der Waals surface area contributed by atoms with Crippen molar-refractivity contribution in [3.63, 3.8) is 0 Å². The maximum Gasteiger partial charge on any atom is 0.416 e. The Kier molecular flexibility index (Phi) is 6.53.